The lowest BCUT2D eigenvalue weighted by molar-refractivity contribution is 0.170. The molecule has 0 aliphatic carbocycles. The maximum atomic E-state index is 5.21. The Labute approximate surface area is 98.0 Å². The van der Waals surface area contributed by atoms with Crippen LogP contribution in [0.1, 0.15) is 27.2 Å². The Morgan fingerprint density at radius 2 is 2.25 bits per heavy atom. The molecule has 16 heavy (non-hydrogen) atoms. The molecule has 0 aliphatic rings. The van der Waals surface area contributed by atoms with E-state index in [1.54, 1.807) is 7.11 Å². The molecular formula is C12H23N3O. The molecule has 0 aliphatic heterocycles. The molecule has 4 heteroatoms. The van der Waals surface area contributed by atoms with Crippen LogP contribution in [0.15, 0.2) is 12.4 Å². The van der Waals surface area contributed by atoms with E-state index in [4.69, 9.17) is 4.74 Å². The number of anilines is 1. The van der Waals surface area contributed by atoms with Crippen LogP contribution in [0, 0.1) is 5.92 Å². The number of aromatic nitrogens is 2. The van der Waals surface area contributed by atoms with Crippen molar-refractivity contribution >= 4 is 5.95 Å². The lowest BCUT2D eigenvalue weighted by Gasteiger charge is -2.22. The van der Waals surface area contributed by atoms with Crippen molar-refractivity contribution in [2.24, 2.45) is 5.92 Å². The van der Waals surface area contributed by atoms with Gasteiger partial charge in [-0.1, -0.05) is 20.8 Å². The molecule has 0 bridgehead atoms. The van der Waals surface area contributed by atoms with Gasteiger partial charge in [0.05, 0.1) is 12.6 Å². The van der Waals surface area contributed by atoms with Gasteiger partial charge in [0.25, 0.3) is 0 Å². The molecule has 0 amide bonds. The van der Waals surface area contributed by atoms with Gasteiger partial charge in [0.1, 0.15) is 0 Å². The monoisotopic (exact) mass is 225 g/mol. The maximum Gasteiger partial charge on any atom is 0.203 e. The molecule has 0 radical (unpaired) electrons. The third-order valence-corrected chi connectivity index (χ3v) is 2.65. The summed E-state index contributed by atoms with van der Waals surface area (Å²) in [6.45, 7) is 8.24. The zero-order chi connectivity index (χ0) is 12.0. The standard InChI is InChI=1S/C12H23N3O/c1-5-7-15-8-6-13-12(15)14-11(9-16-4)10(2)3/h6,8,10-11H,5,7,9H2,1-4H3,(H,13,14). The van der Waals surface area contributed by atoms with E-state index in [2.05, 4.69) is 35.6 Å². The molecule has 0 fully saturated rings. The van der Waals surface area contributed by atoms with Crippen LogP contribution in [0.25, 0.3) is 0 Å². The Morgan fingerprint density at radius 1 is 1.50 bits per heavy atom. The summed E-state index contributed by atoms with van der Waals surface area (Å²) in [5.41, 5.74) is 0. The van der Waals surface area contributed by atoms with Crippen LogP contribution in [0.3, 0.4) is 0 Å². The van der Waals surface area contributed by atoms with Crippen LogP contribution >= 0.6 is 0 Å². The van der Waals surface area contributed by atoms with Gasteiger partial charge in [0.15, 0.2) is 0 Å². The van der Waals surface area contributed by atoms with Crippen molar-refractivity contribution in [2.75, 3.05) is 19.0 Å². The van der Waals surface area contributed by atoms with E-state index in [1.807, 2.05) is 12.4 Å². The Morgan fingerprint density at radius 3 is 2.81 bits per heavy atom. The molecule has 0 spiro atoms. The van der Waals surface area contributed by atoms with Crippen molar-refractivity contribution in [3.8, 4) is 0 Å². The molecular weight excluding hydrogens is 202 g/mol. The van der Waals surface area contributed by atoms with Crippen LogP contribution in [-0.4, -0.2) is 29.3 Å². The molecule has 1 heterocycles. The number of hydrogen-bond donors (Lipinski definition) is 1. The van der Waals surface area contributed by atoms with Crippen molar-refractivity contribution < 1.29 is 4.74 Å². The zero-order valence-corrected chi connectivity index (χ0v) is 10.7. The van der Waals surface area contributed by atoms with Gasteiger partial charge in [0, 0.05) is 26.0 Å². The molecule has 1 unspecified atom stereocenters. The first-order valence-electron chi connectivity index (χ1n) is 5.95. The second kappa shape index (κ2) is 6.53. The fourth-order valence-corrected chi connectivity index (χ4v) is 1.62. The third kappa shape index (κ3) is 3.52. The van der Waals surface area contributed by atoms with Crippen molar-refractivity contribution in [2.45, 2.75) is 39.8 Å². The van der Waals surface area contributed by atoms with Crippen LogP contribution in [-0.2, 0) is 11.3 Å². The van der Waals surface area contributed by atoms with E-state index in [0.717, 1.165) is 18.9 Å². The van der Waals surface area contributed by atoms with Crippen LogP contribution in [0.5, 0.6) is 0 Å². The predicted octanol–water partition coefficient (Wildman–Crippen LogP) is 2.38. The van der Waals surface area contributed by atoms with Gasteiger partial charge in [-0.2, -0.15) is 0 Å². The number of methoxy groups -OCH3 is 1. The van der Waals surface area contributed by atoms with Gasteiger partial charge < -0.3 is 14.6 Å². The molecule has 1 aromatic rings. The first-order chi connectivity index (χ1) is 7.69. The zero-order valence-electron chi connectivity index (χ0n) is 10.7. The highest BCUT2D eigenvalue weighted by Gasteiger charge is 2.14. The van der Waals surface area contributed by atoms with Gasteiger partial charge in [-0.15, -0.1) is 0 Å². The Bertz CT molecular complexity index is 296. The summed E-state index contributed by atoms with van der Waals surface area (Å²) >= 11 is 0. The number of ether oxygens (including phenoxy) is 1. The maximum absolute atomic E-state index is 5.21. The van der Waals surface area contributed by atoms with Gasteiger partial charge in [-0.3, -0.25) is 0 Å². The van der Waals surface area contributed by atoms with Crippen molar-refractivity contribution in [3.63, 3.8) is 0 Å². The average Bonchev–Trinajstić information content (AvgIpc) is 2.65. The summed E-state index contributed by atoms with van der Waals surface area (Å²) in [5.74, 6) is 1.46. The normalized spacial score (nSPS) is 13.1. The van der Waals surface area contributed by atoms with E-state index in [0.29, 0.717) is 18.6 Å². The highest BCUT2D eigenvalue weighted by Crippen LogP contribution is 2.12. The Balaban J connectivity index is 2.65. The Kier molecular flexibility index (Phi) is 5.32. The fraction of sp³-hybridized carbons (Fsp3) is 0.750. The molecule has 0 saturated heterocycles. The molecule has 0 saturated carbocycles. The van der Waals surface area contributed by atoms with E-state index >= 15 is 0 Å². The lowest BCUT2D eigenvalue weighted by atomic mass is 10.1. The number of nitrogens with zero attached hydrogens (tertiary/aromatic N) is 2. The minimum atomic E-state index is 0.308. The van der Waals surface area contributed by atoms with Crippen molar-refractivity contribution in [1.82, 2.24) is 9.55 Å². The summed E-state index contributed by atoms with van der Waals surface area (Å²) in [6, 6.07) is 0.308. The molecule has 4 nitrogen and oxygen atoms in total. The number of hydrogen-bond acceptors (Lipinski definition) is 3. The third-order valence-electron chi connectivity index (χ3n) is 2.65. The number of nitrogens with one attached hydrogen (secondary N) is 1. The summed E-state index contributed by atoms with van der Waals surface area (Å²) in [6.07, 6.45) is 4.96. The van der Waals surface area contributed by atoms with Crippen LogP contribution < -0.4 is 5.32 Å². The SMILES string of the molecule is CCCn1ccnc1NC(COC)C(C)C. The quantitative estimate of drug-likeness (QED) is 0.774. The average molecular weight is 225 g/mol. The molecule has 92 valence electrons. The van der Waals surface area contributed by atoms with Crippen molar-refractivity contribution in [3.05, 3.63) is 12.4 Å². The first kappa shape index (κ1) is 13.0. The van der Waals surface area contributed by atoms with Crippen molar-refractivity contribution in [1.29, 1.82) is 0 Å². The minimum Gasteiger partial charge on any atom is -0.383 e. The number of aryl methyl sites for hydroxylation is 1. The second-order valence-corrected chi connectivity index (χ2v) is 4.39. The van der Waals surface area contributed by atoms with Gasteiger partial charge >= 0.3 is 0 Å². The molecule has 1 aromatic heterocycles. The Hall–Kier alpha value is -1.03. The summed E-state index contributed by atoms with van der Waals surface area (Å²) in [7, 11) is 1.73. The number of imidazole rings is 1. The fourth-order valence-electron chi connectivity index (χ4n) is 1.62. The van der Waals surface area contributed by atoms with Gasteiger partial charge in [0.2, 0.25) is 5.95 Å². The van der Waals surface area contributed by atoms with Crippen LogP contribution in [0.2, 0.25) is 0 Å². The van der Waals surface area contributed by atoms with Gasteiger partial charge in [-0.05, 0) is 12.3 Å². The smallest absolute Gasteiger partial charge is 0.203 e. The predicted molar refractivity (Wildman–Crippen MR) is 66.6 cm³/mol. The highest BCUT2D eigenvalue weighted by atomic mass is 16.5. The van der Waals surface area contributed by atoms with Gasteiger partial charge in [-0.25, -0.2) is 4.98 Å². The van der Waals surface area contributed by atoms with E-state index in [9.17, 15) is 0 Å². The summed E-state index contributed by atoms with van der Waals surface area (Å²) < 4.78 is 7.36. The topological polar surface area (TPSA) is 39.1 Å². The summed E-state index contributed by atoms with van der Waals surface area (Å²) in [5, 5.41) is 3.44. The highest BCUT2D eigenvalue weighted by molar-refractivity contribution is 5.27. The number of rotatable bonds is 7. The van der Waals surface area contributed by atoms with Crippen LogP contribution in [0.4, 0.5) is 5.95 Å². The molecule has 0 aromatic carbocycles. The van der Waals surface area contributed by atoms with E-state index in [1.165, 1.54) is 0 Å². The molecule has 1 atom stereocenters. The second-order valence-electron chi connectivity index (χ2n) is 4.39. The molecule has 1 rings (SSSR count). The first-order valence-corrected chi connectivity index (χ1v) is 5.95. The minimum absolute atomic E-state index is 0.308. The van der Waals surface area contributed by atoms with E-state index in [-0.39, 0.29) is 0 Å². The summed E-state index contributed by atoms with van der Waals surface area (Å²) in [4.78, 5) is 4.34. The molecule has 1 N–H and O–H groups in total. The lowest BCUT2D eigenvalue weighted by Crippen LogP contribution is -2.31. The largest absolute Gasteiger partial charge is 0.383 e. The van der Waals surface area contributed by atoms with E-state index < -0.39 is 0 Å².